The number of alkyl halides is 3. The summed E-state index contributed by atoms with van der Waals surface area (Å²) in [5.41, 5.74) is -0.556. The molecule has 0 aliphatic heterocycles. The fraction of sp³-hybridized carbons (Fsp3) is 0.316. The first kappa shape index (κ1) is 21.8. The van der Waals surface area contributed by atoms with Crippen molar-refractivity contribution in [1.82, 2.24) is 19.9 Å². The Bertz CT molecular complexity index is 950. The molecule has 0 fully saturated rings. The minimum Gasteiger partial charge on any atom is -0.462 e. The van der Waals surface area contributed by atoms with Gasteiger partial charge in [-0.15, -0.1) is 11.3 Å². The van der Waals surface area contributed by atoms with E-state index >= 15 is 0 Å². The minimum absolute atomic E-state index is 0.0787. The first-order valence-electron chi connectivity index (χ1n) is 9.04. The van der Waals surface area contributed by atoms with Crippen LogP contribution in [0.2, 0.25) is 0 Å². The van der Waals surface area contributed by atoms with Gasteiger partial charge in [-0.1, -0.05) is 12.1 Å². The topological polar surface area (TPSA) is 75.2 Å². The van der Waals surface area contributed by atoms with Crippen molar-refractivity contribution in [3.8, 4) is 6.01 Å². The van der Waals surface area contributed by atoms with Crippen LogP contribution in [-0.4, -0.2) is 47.1 Å². The smallest absolute Gasteiger partial charge is 0.416 e. The van der Waals surface area contributed by atoms with Crippen LogP contribution < -0.4 is 15.4 Å². The van der Waals surface area contributed by atoms with E-state index in [1.807, 2.05) is 36.5 Å². The summed E-state index contributed by atoms with van der Waals surface area (Å²) in [4.78, 5) is 15.7. The highest BCUT2D eigenvalue weighted by Gasteiger charge is 2.30. The molecule has 160 valence electrons. The molecule has 0 bridgehead atoms. The molecule has 0 saturated carbocycles. The number of thiophene rings is 1. The molecule has 3 rings (SSSR count). The molecule has 2 aromatic heterocycles. The maximum absolute atomic E-state index is 13.0. The van der Waals surface area contributed by atoms with E-state index in [1.165, 1.54) is 12.1 Å². The van der Waals surface area contributed by atoms with Crippen LogP contribution >= 0.6 is 11.3 Å². The molecule has 0 spiro atoms. The van der Waals surface area contributed by atoms with E-state index in [4.69, 9.17) is 4.74 Å². The molecule has 2 N–H and O–H groups in total. The van der Waals surface area contributed by atoms with Crippen LogP contribution in [0.25, 0.3) is 0 Å². The monoisotopic (exact) mass is 438 g/mol. The lowest BCUT2D eigenvalue weighted by molar-refractivity contribution is -0.137. The van der Waals surface area contributed by atoms with Gasteiger partial charge in [0.25, 0.3) is 0 Å². The number of likely N-dealkylation sites (N-methyl/N-ethyl adjacent to an activating group) is 1. The van der Waals surface area contributed by atoms with Gasteiger partial charge in [0, 0.05) is 17.1 Å². The molecular formula is C19H21F3N6OS. The lowest BCUT2D eigenvalue weighted by Crippen LogP contribution is -2.20. The second kappa shape index (κ2) is 9.72. The molecule has 0 atom stereocenters. The Hall–Kier alpha value is -2.92. The number of halogens is 3. The van der Waals surface area contributed by atoms with E-state index in [0.29, 0.717) is 19.7 Å². The second-order valence-electron chi connectivity index (χ2n) is 6.55. The zero-order valence-corrected chi connectivity index (χ0v) is 17.2. The van der Waals surface area contributed by atoms with Gasteiger partial charge >= 0.3 is 12.2 Å². The highest BCUT2D eigenvalue weighted by molar-refractivity contribution is 7.09. The van der Waals surface area contributed by atoms with Crippen LogP contribution in [0, 0.1) is 0 Å². The molecule has 0 aliphatic rings. The standard InChI is InChI=1S/C19H21F3N6OS/c1-28(2)8-9-29-18-26-16(23-12-15-7-4-10-30-15)25-17(27-18)24-14-6-3-5-13(11-14)19(20,21)22/h3-7,10-11H,8-9,12H2,1-2H3,(H2,23,24,25,26,27). The Labute approximate surface area is 176 Å². The quantitative estimate of drug-likeness (QED) is 0.517. The average Bonchev–Trinajstić information content (AvgIpc) is 3.19. The summed E-state index contributed by atoms with van der Waals surface area (Å²) in [6, 6.07) is 8.80. The van der Waals surface area contributed by atoms with Gasteiger partial charge in [-0.05, 0) is 43.7 Å². The van der Waals surface area contributed by atoms with E-state index in [2.05, 4.69) is 25.6 Å². The first-order chi connectivity index (χ1) is 14.3. The Balaban J connectivity index is 1.79. The van der Waals surface area contributed by atoms with Gasteiger partial charge in [-0.25, -0.2) is 0 Å². The van der Waals surface area contributed by atoms with E-state index < -0.39 is 11.7 Å². The number of aromatic nitrogens is 3. The number of nitrogens with zero attached hydrogens (tertiary/aromatic N) is 4. The fourth-order valence-electron chi connectivity index (χ4n) is 2.36. The van der Waals surface area contributed by atoms with Crippen molar-refractivity contribution in [3.63, 3.8) is 0 Å². The molecule has 0 unspecified atom stereocenters. The maximum Gasteiger partial charge on any atom is 0.416 e. The van der Waals surface area contributed by atoms with Crippen molar-refractivity contribution >= 4 is 28.9 Å². The van der Waals surface area contributed by atoms with Crippen molar-refractivity contribution in [1.29, 1.82) is 0 Å². The summed E-state index contributed by atoms with van der Waals surface area (Å²) in [7, 11) is 3.82. The van der Waals surface area contributed by atoms with Crippen molar-refractivity contribution in [2.75, 3.05) is 37.9 Å². The maximum atomic E-state index is 13.0. The fourth-order valence-corrected chi connectivity index (χ4v) is 3.00. The van der Waals surface area contributed by atoms with Crippen LogP contribution in [0.4, 0.5) is 30.8 Å². The summed E-state index contributed by atoms with van der Waals surface area (Å²) in [5, 5.41) is 7.84. The molecule has 7 nitrogen and oxygen atoms in total. The van der Waals surface area contributed by atoms with E-state index in [9.17, 15) is 13.2 Å². The normalized spacial score (nSPS) is 11.5. The number of benzene rings is 1. The third kappa shape index (κ3) is 6.56. The SMILES string of the molecule is CN(C)CCOc1nc(NCc2cccs2)nc(Nc2cccc(C(F)(F)F)c2)n1. The van der Waals surface area contributed by atoms with Gasteiger partial charge in [0.15, 0.2) is 0 Å². The van der Waals surface area contributed by atoms with Crippen LogP contribution in [0.1, 0.15) is 10.4 Å². The zero-order chi connectivity index (χ0) is 21.6. The van der Waals surface area contributed by atoms with Gasteiger partial charge in [-0.3, -0.25) is 0 Å². The Morgan fingerprint density at radius 2 is 1.87 bits per heavy atom. The summed E-state index contributed by atoms with van der Waals surface area (Å²) in [6.07, 6.45) is -4.44. The van der Waals surface area contributed by atoms with E-state index in [0.717, 1.165) is 17.0 Å². The molecular weight excluding hydrogens is 417 g/mol. The molecule has 2 heterocycles. The highest BCUT2D eigenvalue weighted by Crippen LogP contribution is 2.31. The van der Waals surface area contributed by atoms with Crippen LogP contribution in [0.3, 0.4) is 0 Å². The zero-order valence-electron chi connectivity index (χ0n) is 16.4. The highest BCUT2D eigenvalue weighted by atomic mass is 32.1. The molecule has 0 aliphatic carbocycles. The summed E-state index contributed by atoms with van der Waals surface area (Å²) in [6.45, 7) is 1.51. The number of ether oxygens (including phenoxy) is 1. The van der Waals surface area contributed by atoms with Crippen LogP contribution in [-0.2, 0) is 12.7 Å². The lowest BCUT2D eigenvalue weighted by atomic mass is 10.2. The van der Waals surface area contributed by atoms with Gasteiger partial charge in [-0.2, -0.15) is 28.1 Å². The molecule has 0 amide bonds. The number of rotatable bonds is 9. The second-order valence-corrected chi connectivity index (χ2v) is 7.59. The Kier molecular flexibility index (Phi) is 7.06. The van der Waals surface area contributed by atoms with Crippen molar-refractivity contribution < 1.29 is 17.9 Å². The van der Waals surface area contributed by atoms with Crippen molar-refractivity contribution in [2.45, 2.75) is 12.7 Å². The lowest BCUT2D eigenvalue weighted by Gasteiger charge is -2.13. The third-order valence-electron chi connectivity index (χ3n) is 3.83. The predicted octanol–water partition coefficient (Wildman–Crippen LogP) is 4.25. The van der Waals surface area contributed by atoms with Gasteiger partial charge in [0.1, 0.15) is 6.61 Å². The molecule has 3 aromatic rings. The predicted molar refractivity (Wildman–Crippen MR) is 110 cm³/mol. The number of anilines is 3. The van der Waals surface area contributed by atoms with Crippen molar-refractivity contribution in [2.24, 2.45) is 0 Å². The van der Waals surface area contributed by atoms with E-state index in [1.54, 1.807) is 11.3 Å². The minimum atomic E-state index is -4.44. The molecule has 0 radical (unpaired) electrons. The number of nitrogens with one attached hydrogen (secondary N) is 2. The molecule has 30 heavy (non-hydrogen) atoms. The largest absolute Gasteiger partial charge is 0.462 e. The average molecular weight is 438 g/mol. The Morgan fingerprint density at radius 1 is 1.07 bits per heavy atom. The van der Waals surface area contributed by atoms with Crippen LogP contribution in [0.5, 0.6) is 6.01 Å². The van der Waals surface area contributed by atoms with Gasteiger partial charge < -0.3 is 20.3 Å². The summed E-state index contributed by atoms with van der Waals surface area (Å²) < 4.78 is 44.5. The number of hydrogen-bond donors (Lipinski definition) is 2. The van der Waals surface area contributed by atoms with Crippen LogP contribution in [0.15, 0.2) is 41.8 Å². The Morgan fingerprint density at radius 3 is 2.57 bits per heavy atom. The first-order valence-corrected chi connectivity index (χ1v) is 9.92. The molecule has 0 saturated heterocycles. The van der Waals surface area contributed by atoms with Gasteiger partial charge in [0.2, 0.25) is 11.9 Å². The van der Waals surface area contributed by atoms with Crippen molar-refractivity contribution in [3.05, 3.63) is 52.2 Å². The van der Waals surface area contributed by atoms with Gasteiger partial charge in [0.05, 0.1) is 12.1 Å². The molecule has 1 aromatic carbocycles. The van der Waals surface area contributed by atoms with E-state index in [-0.39, 0.29) is 23.6 Å². The third-order valence-corrected chi connectivity index (χ3v) is 4.71. The number of hydrogen-bond acceptors (Lipinski definition) is 8. The molecule has 11 heteroatoms. The summed E-state index contributed by atoms with van der Waals surface area (Å²) >= 11 is 1.58. The summed E-state index contributed by atoms with van der Waals surface area (Å²) in [5.74, 6) is 0.339.